The lowest BCUT2D eigenvalue weighted by molar-refractivity contribution is -0.142. The van der Waals surface area contributed by atoms with E-state index in [-0.39, 0.29) is 17.9 Å². The Morgan fingerprint density at radius 3 is 2.59 bits per heavy atom. The summed E-state index contributed by atoms with van der Waals surface area (Å²) in [5.41, 5.74) is 2.31. The fourth-order valence-electron chi connectivity index (χ4n) is 2.82. The molecule has 9 nitrogen and oxygen atoms in total. The SMILES string of the molecule is C[C@@H](O)Cn1cc(Nc2ncc(-c3ccc(C#N)c(O[C@@H](C)COC(F)F)c3)cn2)cn1. The first kappa shape index (κ1) is 23.1. The van der Waals surface area contributed by atoms with Crippen molar-refractivity contribution in [3.63, 3.8) is 0 Å². The van der Waals surface area contributed by atoms with E-state index in [2.05, 4.69) is 25.1 Å². The molecular formula is C21H22F2N6O3. The van der Waals surface area contributed by atoms with Crippen molar-refractivity contribution in [2.75, 3.05) is 11.9 Å². The summed E-state index contributed by atoms with van der Waals surface area (Å²) < 4.78 is 35.9. The molecule has 32 heavy (non-hydrogen) atoms. The van der Waals surface area contributed by atoms with E-state index >= 15 is 0 Å². The highest BCUT2D eigenvalue weighted by molar-refractivity contribution is 5.66. The summed E-state index contributed by atoms with van der Waals surface area (Å²) in [6.45, 7) is 0.415. The predicted molar refractivity (Wildman–Crippen MR) is 111 cm³/mol. The minimum absolute atomic E-state index is 0.253. The minimum atomic E-state index is -2.89. The van der Waals surface area contributed by atoms with Crippen LogP contribution in [-0.4, -0.2) is 50.3 Å². The normalized spacial score (nSPS) is 12.9. The zero-order valence-corrected chi connectivity index (χ0v) is 17.4. The number of ether oxygens (including phenoxy) is 2. The minimum Gasteiger partial charge on any atom is -0.487 e. The van der Waals surface area contributed by atoms with Crippen molar-refractivity contribution in [3.05, 3.63) is 48.5 Å². The molecule has 1 aromatic carbocycles. The van der Waals surface area contributed by atoms with Gasteiger partial charge in [-0.15, -0.1) is 0 Å². The Bertz CT molecular complexity index is 1070. The number of aliphatic hydroxyl groups excluding tert-OH is 1. The maximum absolute atomic E-state index is 12.2. The van der Waals surface area contributed by atoms with Crippen LogP contribution in [0.2, 0.25) is 0 Å². The summed E-state index contributed by atoms with van der Waals surface area (Å²) in [7, 11) is 0. The number of hydrogen-bond donors (Lipinski definition) is 2. The zero-order valence-electron chi connectivity index (χ0n) is 17.4. The Morgan fingerprint density at radius 2 is 1.94 bits per heavy atom. The van der Waals surface area contributed by atoms with Crippen LogP contribution >= 0.6 is 0 Å². The van der Waals surface area contributed by atoms with Crippen molar-refractivity contribution in [2.45, 2.75) is 39.2 Å². The molecule has 0 unspecified atom stereocenters. The van der Waals surface area contributed by atoms with E-state index in [1.807, 2.05) is 6.07 Å². The maximum atomic E-state index is 12.2. The van der Waals surface area contributed by atoms with Gasteiger partial charge in [0.2, 0.25) is 5.95 Å². The number of nitrogens with zero attached hydrogens (tertiary/aromatic N) is 5. The zero-order chi connectivity index (χ0) is 23.1. The quantitative estimate of drug-likeness (QED) is 0.489. The lowest BCUT2D eigenvalue weighted by Gasteiger charge is -2.16. The number of hydrogen-bond acceptors (Lipinski definition) is 8. The molecular weight excluding hydrogens is 422 g/mol. The molecule has 168 valence electrons. The third-order valence-corrected chi connectivity index (χ3v) is 4.21. The average molecular weight is 444 g/mol. The van der Waals surface area contributed by atoms with E-state index in [9.17, 15) is 19.1 Å². The molecule has 2 aromatic heterocycles. The average Bonchev–Trinajstić information content (AvgIpc) is 3.18. The highest BCUT2D eigenvalue weighted by Gasteiger charge is 2.13. The molecule has 0 radical (unpaired) electrons. The summed E-state index contributed by atoms with van der Waals surface area (Å²) in [5, 5.41) is 25.9. The highest BCUT2D eigenvalue weighted by Crippen LogP contribution is 2.28. The molecule has 0 aliphatic heterocycles. The number of halogens is 2. The van der Waals surface area contributed by atoms with Crippen molar-refractivity contribution < 1.29 is 23.4 Å². The van der Waals surface area contributed by atoms with Gasteiger partial charge in [-0.25, -0.2) is 9.97 Å². The van der Waals surface area contributed by atoms with Crippen LogP contribution in [0.5, 0.6) is 5.75 Å². The third kappa shape index (κ3) is 6.44. The van der Waals surface area contributed by atoms with Crippen LogP contribution in [0.1, 0.15) is 19.4 Å². The topological polar surface area (TPSA) is 118 Å². The van der Waals surface area contributed by atoms with Gasteiger partial charge >= 0.3 is 6.61 Å². The van der Waals surface area contributed by atoms with E-state index in [4.69, 9.17) is 4.74 Å². The van der Waals surface area contributed by atoms with E-state index in [1.165, 1.54) is 0 Å². The van der Waals surface area contributed by atoms with E-state index < -0.39 is 18.8 Å². The molecule has 2 atom stereocenters. The van der Waals surface area contributed by atoms with Gasteiger partial charge in [0.1, 0.15) is 17.9 Å². The summed E-state index contributed by atoms with van der Waals surface area (Å²) >= 11 is 0. The number of anilines is 2. The van der Waals surface area contributed by atoms with Gasteiger partial charge in [-0.1, -0.05) is 6.07 Å². The Kier molecular flexibility index (Phi) is 7.64. The first-order valence-electron chi connectivity index (χ1n) is 9.74. The molecule has 0 saturated heterocycles. The molecule has 3 rings (SSSR count). The van der Waals surface area contributed by atoms with Crippen LogP contribution in [0.25, 0.3) is 11.1 Å². The van der Waals surface area contributed by atoms with Gasteiger partial charge in [-0.2, -0.15) is 19.1 Å². The van der Waals surface area contributed by atoms with E-state index in [1.54, 1.807) is 61.5 Å². The fourth-order valence-corrected chi connectivity index (χ4v) is 2.82. The Hall–Kier alpha value is -3.62. The molecule has 2 heterocycles. The number of alkyl halides is 2. The molecule has 0 amide bonds. The number of nitrogens with one attached hydrogen (secondary N) is 1. The van der Waals surface area contributed by atoms with Gasteiger partial charge in [-0.05, 0) is 31.5 Å². The van der Waals surface area contributed by atoms with Gasteiger partial charge < -0.3 is 19.9 Å². The monoisotopic (exact) mass is 444 g/mol. The lowest BCUT2D eigenvalue weighted by Crippen LogP contribution is -2.21. The molecule has 11 heteroatoms. The Balaban J connectivity index is 1.71. The molecule has 0 fully saturated rings. The van der Waals surface area contributed by atoms with Gasteiger partial charge in [0, 0.05) is 24.2 Å². The van der Waals surface area contributed by atoms with Crippen molar-refractivity contribution in [1.29, 1.82) is 5.26 Å². The molecule has 0 spiro atoms. The van der Waals surface area contributed by atoms with Gasteiger partial charge in [0.25, 0.3) is 0 Å². The number of benzene rings is 1. The third-order valence-electron chi connectivity index (χ3n) is 4.21. The van der Waals surface area contributed by atoms with Crippen molar-refractivity contribution in [1.82, 2.24) is 19.7 Å². The van der Waals surface area contributed by atoms with E-state index in [0.717, 1.165) is 0 Å². The summed E-state index contributed by atoms with van der Waals surface area (Å²) in [4.78, 5) is 8.57. The summed E-state index contributed by atoms with van der Waals surface area (Å²) in [5.74, 6) is 0.608. The lowest BCUT2D eigenvalue weighted by atomic mass is 10.1. The first-order valence-corrected chi connectivity index (χ1v) is 9.74. The Labute approximate surface area is 183 Å². The van der Waals surface area contributed by atoms with Crippen molar-refractivity contribution in [2.24, 2.45) is 0 Å². The second-order valence-electron chi connectivity index (χ2n) is 7.07. The number of rotatable bonds is 10. The predicted octanol–water partition coefficient (Wildman–Crippen LogP) is 3.34. The van der Waals surface area contributed by atoms with Crippen LogP contribution in [0, 0.1) is 11.3 Å². The summed E-state index contributed by atoms with van der Waals surface area (Å²) in [6, 6.07) is 6.94. The molecule has 2 N–H and O–H groups in total. The van der Waals surface area contributed by atoms with Crippen molar-refractivity contribution in [3.8, 4) is 22.9 Å². The summed E-state index contributed by atoms with van der Waals surface area (Å²) in [6.07, 6.45) is 5.34. The van der Waals surface area contributed by atoms with E-state index in [0.29, 0.717) is 29.3 Å². The van der Waals surface area contributed by atoms with Gasteiger partial charge in [0.05, 0.1) is 36.7 Å². The molecule has 0 aliphatic rings. The van der Waals surface area contributed by atoms with Gasteiger partial charge in [-0.3, -0.25) is 4.68 Å². The molecule has 0 aliphatic carbocycles. The largest absolute Gasteiger partial charge is 0.487 e. The smallest absolute Gasteiger partial charge is 0.345 e. The number of aromatic nitrogens is 4. The second kappa shape index (κ2) is 10.6. The molecule has 3 aromatic rings. The van der Waals surface area contributed by atoms with Crippen LogP contribution < -0.4 is 10.1 Å². The molecule has 0 bridgehead atoms. The molecule has 0 saturated carbocycles. The van der Waals surface area contributed by atoms with Crippen LogP contribution in [0.3, 0.4) is 0 Å². The standard InChI is InChI=1S/C21H22F2N6O3/c1-13(30)10-29-11-18(9-27-29)28-21-25-7-17(8-26-21)15-3-4-16(6-24)19(5-15)32-14(2)12-31-20(22)23/h3-5,7-9,11,13-14,20,30H,10,12H2,1-2H3,(H,25,26,28)/t13-,14+/m1/s1. The van der Waals surface area contributed by atoms with Gasteiger partial charge in [0.15, 0.2) is 0 Å². The number of aliphatic hydroxyl groups is 1. The first-order chi connectivity index (χ1) is 15.3. The van der Waals surface area contributed by atoms with Crippen LogP contribution in [0.15, 0.2) is 43.0 Å². The van der Waals surface area contributed by atoms with Crippen LogP contribution in [-0.2, 0) is 11.3 Å². The maximum Gasteiger partial charge on any atom is 0.345 e. The van der Waals surface area contributed by atoms with Crippen molar-refractivity contribution >= 4 is 11.6 Å². The highest BCUT2D eigenvalue weighted by atomic mass is 19.3. The fraction of sp³-hybridized carbons (Fsp3) is 0.333. The number of nitriles is 1. The second-order valence-corrected chi connectivity index (χ2v) is 7.07. The Morgan fingerprint density at radius 1 is 1.19 bits per heavy atom. The van der Waals surface area contributed by atoms with Crippen LogP contribution in [0.4, 0.5) is 20.4 Å².